The number of hydrogen-bond acceptors (Lipinski definition) is 3. The van der Waals surface area contributed by atoms with Crippen LogP contribution in [0.25, 0.3) is 0 Å². The van der Waals surface area contributed by atoms with E-state index in [4.69, 9.17) is 5.11 Å². The van der Waals surface area contributed by atoms with Crippen molar-refractivity contribution in [2.45, 2.75) is 13.3 Å². The minimum Gasteiger partial charge on any atom is -0.480 e. The molecule has 0 aromatic heterocycles. The number of hydrogen-bond donors (Lipinski definition) is 1. The number of carboxylic acids is 1. The van der Waals surface area contributed by atoms with E-state index >= 15 is 0 Å². The number of likely N-dealkylation sites (tertiary alicyclic amines) is 1. The summed E-state index contributed by atoms with van der Waals surface area (Å²) in [5.74, 6) is -0.726. The molecule has 2 heterocycles. The Hall–Kier alpha value is -1.07. The molecule has 3 rings (SSSR count). The second-order valence-electron chi connectivity index (χ2n) is 6.17. The third kappa shape index (κ3) is 2.56. The molecule has 1 aromatic carbocycles. The van der Waals surface area contributed by atoms with Gasteiger partial charge in [-0.15, -0.1) is 0 Å². The molecule has 0 radical (unpaired) electrons. The molecule has 0 unspecified atom stereocenters. The van der Waals surface area contributed by atoms with E-state index in [0.717, 1.165) is 37.1 Å². The topological polar surface area (TPSA) is 43.8 Å². The molecule has 2 fully saturated rings. The Bertz CT molecular complexity index is 541. The summed E-state index contributed by atoms with van der Waals surface area (Å²) in [7, 11) is 0. The third-order valence-electron chi connectivity index (χ3n) is 4.36. The molecule has 20 heavy (non-hydrogen) atoms. The monoisotopic (exact) mass is 338 g/mol. The molecular weight excluding hydrogens is 320 g/mol. The number of benzene rings is 1. The second-order valence-corrected chi connectivity index (χ2v) is 7.02. The number of carbonyl (C=O) groups is 1. The van der Waals surface area contributed by atoms with Gasteiger partial charge in [-0.3, -0.25) is 9.69 Å². The lowest BCUT2D eigenvalue weighted by molar-refractivity contribution is -0.141. The Kier molecular flexibility index (Phi) is 3.50. The molecule has 2 aliphatic heterocycles. The second kappa shape index (κ2) is 5.04. The van der Waals surface area contributed by atoms with Gasteiger partial charge in [0.2, 0.25) is 0 Å². The lowest BCUT2D eigenvalue weighted by atomic mass is 9.79. The highest BCUT2D eigenvalue weighted by molar-refractivity contribution is 9.10. The third-order valence-corrected chi connectivity index (χ3v) is 4.99. The number of aliphatic carboxylic acids is 1. The lowest BCUT2D eigenvalue weighted by Crippen LogP contribution is -2.58. The van der Waals surface area contributed by atoms with Crippen LogP contribution in [0.5, 0.6) is 0 Å². The highest BCUT2D eigenvalue weighted by Gasteiger charge is 2.48. The molecule has 0 atom stereocenters. The normalized spacial score (nSPS) is 21.2. The fraction of sp³-hybridized carbons (Fsp3) is 0.533. The predicted molar refractivity (Wildman–Crippen MR) is 82.2 cm³/mol. The maximum atomic E-state index is 10.7. The van der Waals surface area contributed by atoms with Crippen LogP contribution in [0.15, 0.2) is 22.7 Å². The van der Waals surface area contributed by atoms with Gasteiger partial charge in [0, 0.05) is 36.1 Å². The fourth-order valence-electron chi connectivity index (χ4n) is 3.47. The Balaban J connectivity index is 1.65. The molecule has 1 N–H and O–H groups in total. The standard InChI is InChI=1S/C15H19BrN2O2/c1-11-2-3-13(12(16)6-11)18-5-4-15(10-18)8-17(9-15)7-14(19)20/h2-3,6H,4-5,7-10H2,1H3,(H,19,20). The summed E-state index contributed by atoms with van der Waals surface area (Å²) in [6, 6.07) is 6.46. The van der Waals surface area contributed by atoms with Crippen LogP contribution < -0.4 is 4.90 Å². The van der Waals surface area contributed by atoms with Crippen LogP contribution in [0, 0.1) is 12.3 Å². The van der Waals surface area contributed by atoms with Gasteiger partial charge in [-0.25, -0.2) is 0 Å². The molecule has 0 amide bonds. The summed E-state index contributed by atoms with van der Waals surface area (Å²) in [4.78, 5) is 15.2. The number of anilines is 1. The summed E-state index contributed by atoms with van der Waals surface area (Å²) in [5.41, 5.74) is 2.81. The van der Waals surface area contributed by atoms with Crippen LogP contribution >= 0.6 is 15.9 Å². The molecule has 0 saturated carbocycles. The highest BCUT2D eigenvalue weighted by Crippen LogP contribution is 2.42. The Morgan fingerprint density at radius 1 is 1.40 bits per heavy atom. The molecule has 1 aromatic rings. The van der Waals surface area contributed by atoms with E-state index in [2.05, 4.69) is 46.0 Å². The maximum absolute atomic E-state index is 10.7. The van der Waals surface area contributed by atoms with E-state index in [-0.39, 0.29) is 6.54 Å². The van der Waals surface area contributed by atoms with Crippen molar-refractivity contribution in [2.75, 3.05) is 37.6 Å². The number of nitrogens with zero attached hydrogens (tertiary/aromatic N) is 2. The molecule has 5 heteroatoms. The van der Waals surface area contributed by atoms with Crippen molar-refractivity contribution in [2.24, 2.45) is 5.41 Å². The van der Waals surface area contributed by atoms with E-state index in [1.54, 1.807) is 0 Å². The summed E-state index contributed by atoms with van der Waals surface area (Å²) in [6.07, 6.45) is 1.16. The Morgan fingerprint density at radius 2 is 2.15 bits per heavy atom. The Morgan fingerprint density at radius 3 is 2.80 bits per heavy atom. The summed E-state index contributed by atoms with van der Waals surface area (Å²) >= 11 is 3.65. The van der Waals surface area contributed by atoms with E-state index in [9.17, 15) is 4.79 Å². The SMILES string of the molecule is Cc1ccc(N2CCC3(CN(CC(=O)O)C3)C2)c(Br)c1. The molecular formula is C15H19BrN2O2. The first-order chi connectivity index (χ1) is 9.47. The van der Waals surface area contributed by atoms with Gasteiger partial charge in [0.1, 0.15) is 0 Å². The van der Waals surface area contributed by atoms with Crippen LogP contribution in [-0.4, -0.2) is 48.7 Å². The molecule has 2 saturated heterocycles. The van der Waals surface area contributed by atoms with Gasteiger partial charge in [0.25, 0.3) is 0 Å². The van der Waals surface area contributed by atoms with E-state index in [1.807, 2.05) is 4.90 Å². The number of aryl methyl sites for hydroxylation is 1. The van der Waals surface area contributed by atoms with E-state index < -0.39 is 5.97 Å². The summed E-state index contributed by atoms with van der Waals surface area (Å²) in [6.45, 7) is 6.19. The summed E-state index contributed by atoms with van der Waals surface area (Å²) in [5, 5.41) is 8.81. The zero-order chi connectivity index (χ0) is 14.3. The molecule has 4 nitrogen and oxygen atoms in total. The van der Waals surface area contributed by atoms with E-state index in [1.165, 1.54) is 11.3 Å². The molecule has 0 aliphatic carbocycles. The molecule has 0 bridgehead atoms. The molecule has 2 aliphatic rings. The van der Waals surface area contributed by atoms with Gasteiger partial charge in [0.15, 0.2) is 0 Å². The highest BCUT2D eigenvalue weighted by atomic mass is 79.9. The number of halogens is 1. The van der Waals surface area contributed by atoms with Crippen LogP contribution in [-0.2, 0) is 4.79 Å². The maximum Gasteiger partial charge on any atom is 0.317 e. The zero-order valence-corrected chi connectivity index (χ0v) is 13.2. The van der Waals surface area contributed by atoms with Crippen molar-refractivity contribution in [1.29, 1.82) is 0 Å². The first-order valence-corrected chi connectivity index (χ1v) is 7.72. The minimum absolute atomic E-state index is 0.177. The van der Waals surface area contributed by atoms with Crippen molar-refractivity contribution in [3.63, 3.8) is 0 Å². The van der Waals surface area contributed by atoms with Crippen LogP contribution in [0.2, 0.25) is 0 Å². The minimum atomic E-state index is -0.726. The average Bonchev–Trinajstić information content (AvgIpc) is 2.72. The van der Waals surface area contributed by atoms with Gasteiger partial charge in [-0.1, -0.05) is 6.07 Å². The van der Waals surface area contributed by atoms with Gasteiger partial charge in [-0.2, -0.15) is 0 Å². The summed E-state index contributed by atoms with van der Waals surface area (Å²) < 4.78 is 1.15. The first-order valence-electron chi connectivity index (χ1n) is 6.93. The van der Waals surface area contributed by atoms with Gasteiger partial charge in [-0.05, 0) is 47.0 Å². The lowest BCUT2D eigenvalue weighted by Gasteiger charge is -2.47. The van der Waals surface area contributed by atoms with Gasteiger partial charge >= 0.3 is 5.97 Å². The van der Waals surface area contributed by atoms with Crippen molar-refractivity contribution in [3.8, 4) is 0 Å². The number of rotatable bonds is 3. The van der Waals surface area contributed by atoms with E-state index in [0.29, 0.717) is 5.41 Å². The smallest absolute Gasteiger partial charge is 0.317 e. The number of carboxylic acid groups (broad SMARTS) is 1. The van der Waals surface area contributed by atoms with Gasteiger partial charge < -0.3 is 10.0 Å². The van der Waals surface area contributed by atoms with Crippen molar-refractivity contribution in [1.82, 2.24) is 4.90 Å². The van der Waals surface area contributed by atoms with Crippen LogP contribution in [0.4, 0.5) is 5.69 Å². The van der Waals surface area contributed by atoms with Crippen molar-refractivity contribution in [3.05, 3.63) is 28.2 Å². The van der Waals surface area contributed by atoms with Gasteiger partial charge in [0.05, 0.1) is 12.2 Å². The van der Waals surface area contributed by atoms with Crippen LogP contribution in [0.1, 0.15) is 12.0 Å². The molecule has 1 spiro atoms. The van der Waals surface area contributed by atoms with Crippen LogP contribution in [0.3, 0.4) is 0 Å². The fourth-order valence-corrected chi connectivity index (χ4v) is 4.22. The predicted octanol–water partition coefficient (Wildman–Crippen LogP) is 2.35. The Labute approximate surface area is 127 Å². The largest absolute Gasteiger partial charge is 0.480 e. The average molecular weight is 339 g/mol. The van der Waals surface area contributed by atoms with Crippen molar-refractivity contribution < 1.29 is 9.90 Å². The zero-order valence-electron chi connectivity index (χ0n) is 11.6. The quantitative estimate of drug-likeness (QED) is 0.918. The molecule has 108 valence electrons. The first kappa shape index (κ1) is 13.9. The van der Waals surface area contributed by atoms with Crippen molar-refractivity contribution >= 4 is 27.6 Å².